The number of rotatable bonds is 3. The van der Waals surface area contributed by atoms with Gasteiger partial charge in [0.05, 0.1) is 37.8 Å². The lowest BCUT2D eigenvalue weighted by Gasteiger charge is -2.34. The predicted octanol–water partition coefficient (Wildman–Crippen LogP) is 0.393. The minimum absolute atomic E-state index is 0.0777. The summed E-state index contributed by atoms with van der Waals surface area (Å²) >= 11 is 0. The zero-order valence-corrected chi connectivity index (χ0v) is 11.0. The van der Waals surface area contributed by atoms with Crippen LogP contribution in [0, 0.1) is 0 Å². The number of carbonyl (C=O) groups is 1. The molecule has 0 spiro atoms. The fourth-order valence-electron chi connectivity index (χ4n) is 2.92. The van der Waals surface area contributed by atoms with Crippen LogP contribution in [0.25, 0.3) is 0 Å². The number of amides is 1. The molecule has 104 valence electrons. The standard InChI is InChI=1S/C13H20N4O2/c18-13(10-6-14-9-15-10)16-11-7-19-8-12(11)17-4-2-1-3-5-17/h6,9,11-12H,1-5,7-8H2,(H,14,15)(H,16,18)/t11-,12-/m1/s1. The van der Waals surface area contributed by atoms with Gasteiger partial charge in [0.1, 0.15) is 5.69 Å². The molecular weight excluding hydrogens is 244 g/mol. The third-order valence-corrected chi connectivity index (χ3v) is 3.97. The molecule has 0 aromatic carbocycles. The number of ether oxygens (including phenoxy) is 1. The van der Waals surface area contributed by atoms with Gasteiger partial charge in [0.25, 0.3) is 5.91 Å². The lowest BCUT2D eigenvalue weighted by molar-refractivity contribution is 0.0895. The molecule has 1 aromatic rings. The predicted molar refractivity (Wildman–Crippen MR) is 69.9 cm³/mol. The fraction of sp³-hybridized carbons (Fsp3) is 0.692. The lowest BCUT2D eigenvalue weighted by atomic mass is 10.0. The Morgan fingerprint density at radius 2 is 2.21 bits per heavy atom. The Labute approximate surface area is 112 Å². The number of aromatic nitrogens is 2. The molecule has 19 heavy (non-hydrogen) atoms. The molecule has 2 N–H and O–H groups in total. The molecule has 2 saturated heterocycles. The summed E-state index contributed by atoms with van der Waals surface area (Å²) in [5.41, 5.74) is 0.504. The van der Waals surface area contributed by atoms with E-state index in [0.29, 0.717) is 24.9 Å². The molecule has 0 radical (unpaired) electrons. The van der Waals surface area contributed by atoms with Crippen LogP contribution < -0.4 is 5.32 Å². The minimum Gasteiger partial charge on any atom is -0.378 e. The molecule has 1 amide bonds. The van der Waals surface area contributed by atoms with E-state index in [4.69, 9.17) is 4.74 Å². The average Bonchev–Trinajstić information content (AvgIpc) is 3.11. The second-order valence-electron chi connectivity index (χ2n) is 5.25. The van der Waals surface area contributed by atoms with Crippen LogP contribution in [-0.2, 0) is 4.74 Å². The van der Waals surface area contributed by atoms with Gasteiger partial charge in [0, 0.05) is 0 Å². The van der Waals surface area contributed by atoms with Crippen LogP contribution in [0.4, 0.5) is 0 Å². The first-order chi connectivity index (χ1) is 9.34. The van der Waals surface area contributed by atoms with Crippen molar-refractivity contribution < 1.29 is 9.53 Å². The van der Waals surface area contributed by atoms with Crippen molar-refractivity contribution in [2.75, 3.05) is 26.3 Å². The summed E-state index contributed by atoms with van der Waals surface area (Å²) in [5.74, 6) is -0.102. The normalized spacial score (nSPS) is 28.4. The van der Waals surface area contributed by atoms with Crippen LogP contribution >= 0.6 is 0 Å². The summed E-state index contributed by atoms with van der Waals surface area (Å²) in [6, 6.07) is 0.390. The zero-order valence-electron chi connectivity index (χ0n) is 11.0. The number of nitrogens with one attached hydrogen (secondary N) is 2. The summed E-state index contributed by atoms with van der Waals surface area (Å²) in [6.07, 6.45) is 6.87. The summed E-state index contributed by atoms with van der Waals surface area (Å²) in [5, 5.41) is 3.05. The van der Waals surface area contributed by atoms with E-state index >= 15 is 0 Å². The largest absolute Gasteiger partial charge is 0.378 e. The van der Waals surface area contributed by atoms with Crippen molar-refractivity contribution in [3.05, 3.63) is 18.2 Å². The number of carbonyl (C=O) groups excluding carboxylic acids is 1. The van der Waals surface area contributed by atoms with Crippen molar-refractivity contribution in [1.29, 1.82) is 0 Å². The van der Waals surface area contributed by atoms with Gasteiger partial charge in [0.2, 0.25) is 0 Å². The Bertz CT molecular complexity index is 414. The number of hydrogen-bond acceptors (Lipinski definition) is 4. The maximum absolute atomic E-state index is 12.0. The van der Waals surface area contributed by atoms with Gasteiger partial charge in [0.15, 0.2) is 0 Å². The van der Waals surface area contributed by atoms with E-state index in [1.165, 1.54) is 25.6 Å². The van der Waals surface area contributed by atoms with Crippen molar-refractivity contribution in [3.8, 4) is 0 Å². The topological polar surface area (TPSA) is 70.2 Å². The number of likely N-dealkylation sites (tertiary alicyclic amines) is 1. The summed E-state index contributed by atoms with van der Waals surface area (Å²) in [7, 11) is 0. The Morgan fingerprint density at radius 1 is 1.37 bits per heavy atom. The first-order valence-corrected chi connectivity index (χ1v) is 6.95. The number of hydrogen-bond donors (Lipinski definition) is 2. The molecule has 3 heterocycles. The van der Waals surface area contributed by atoms with E-state index in [9.17, 15) is 4.79 Å². The SMILES string of the molecule is O=C(N[C@@H]1COC[C@H]1N1CCCCC1)c1cnc[nH]1. The van der Waals surface area contributed by atoms with E-state index < -0.39 is 0 Å². The van der Waals surface area contributed by atoms with E-state index in [-0.39, 0.29) is 11.9 Å². The number of H-pyrrole nitrogens is 1. The number of piperidine rings is 1. The zero-order chi connectivity index (χ0) is 13.1. The van der Waals surface area contributed by atoms with Crippen LogP contribution in [-0.4, -0.2) is 59.2 Å². The van der Waals surface area contributed by atoms with Gasteiger partial charge in [-0.25, -0.2) is 4.98 Å². The Morgan fingerprint density at radius 3 is 2.95 bits per heavy atom. The monoisotopic (exact) mass is 264 g/mol. The highest BCUT2D eigenvalue weighted by atomic mass is 16.5. The van der Waals surface area contributed by atoms with Crippen molar-refractivity contribution >= 4 is 5.91 Å². The van der Waals surface area contributed by atoms with E-state index in [0.717, 1.165) is 13.1 Å². The van der Waals surface area contributed by atoms with Gasteiger partial charge in [-0.1, -0.05) is 6.42 Å². The molecule has 6 nitrogen and oxygen atoms in total. The molecule has 0 unspecified atom stereocenters. The Balaban J connectivity index is 1.61. The third kappa shape index (κ3) is 2.79. The molecule has 1 aromatic heterocycles. The van der Waals surface area contributed by atoms with Gasteiger partial charge >= 0.3 is 0 Å². The van der Waals surface area contributed by atoms with E-state index in [1.54, 1.807) is 6.20 Å². The van der Waals surface area contributed by atoms with E-state index in [2.05, 4.69) is 20.2 Å². The molecule has 2 atom stereocenters. The molecule has 0 bridgehead atoms. The quantitative estimate of drug-likeness (QED) is 0.828. The van der Waals surface area contributed by atoms with Gasteiger partial charge in [-0.3, -0.25) is 9.69 Å². The third-order valence-electron chi connectivity index (χ3n) is 3.97. The number of nitrogens with zero attached hydrogens (tertiary/aromatic N) is 2. The summed E-state index contributed by atoms with van der Waals surface area (Å²) in [4.78, 5) is 21.2. The molecular formula is C13H20N4O2. The van der Waals surface area contributed by atoms with Gasteiger partial charge < -0.3 is 15.0 Å². The minimum atomic E-state index is -0.102. The lowest BCUT2D eigenvalue weighted by Crippen LogP contribution is -2.52. The van der Waals surface area contributed by atoms with Crippen molar-refractivity contribution in [2.24, 2.45) is 0 Å². The van der Waals surface area contributed by atoms with Crippen molar-refractivity contribution in [1.82, 2.24) is 20.2 Å². The Hall–Kier alpha value is -1.40. The molecule has 2 fully saturated rings. The summed E-state index contributed by atoms with van der Waals surface area (Å²) < 4.78 is 5.56. The highest BCUT2D eigenvalue weighted by molar-refractivity contribution is 5.92. The number of imidazole rings is 1. The Kier molecular flexibility index (Phi) is 3.79. The van der Waals surface area contributed by atoms with Crippen LogP contribution in [0.3, 0.4) is 0 Å². The second kappa shape index (κ2) is 5.71. The van der Waals surface area contributed by atoms with Crippen LogP contribution in [0.5, 0.6) is 0 Å². The van der Waals surface area contributed by atoms with Crippen molar-refractivity contribution in [3.63, 3.8) is 0 Å². The fourth-order valence-corrected chi connectivity index (χ4v) is 2.92. The van der Waals surface area contributed by atoms with E-state index in [1.807, 2.05) is 0 Å². The van der Waals surface area contributed by atoms with Gasteiger partial charge in [-0.15, -0.1) is 0 Å². The highest BCUT2D eigenvalue weighted by Crippen LogP contribution is 2.19. The number of aromatic amines is 1. The first-order valence-electron chi connectivity index (χ1n) is 6.95. The first kappa shape index (κ1) is 12.6. The van der Waals surface area contributed by atoms with Gasteiger partial charge in [-0.05, 0) is 25.9 Å². The molecule has 6 heteroatoms. The van der Waals surface area contributed by atoms with Crippen LogP contribution in [0.2, 0.25) is 0 Å². The van der Waals surface area contributed by atoms with Crippen LogP contribution in [0.15, 0.2) is 12.5 Å². The molecule has 2 aliphatic heterocycles. The highest BCUT2D eigenvalue weighted by Gasteiger charge is 2.34. The average molecular weight is 264 g/mol. The summed E-state index contributed by atoms with van der Waals surface area (Å²) in [6.45, 7) is 3.55. The maximum atomic E-state index is 12.0. The maximum Gasteiger partial charge on any atom is 0.269 e. The van der Waals surface area contributed by atoms with Crippen molar-refractivity contribution in [2.45, 2.75) is 31.3 Å². The molecule has 3 rings (SSSR count). The second-order valence-corrected chi connectivity index (χ2v) is 5.25. The van der Waals surface area contributed by atoms with Gasteiger partial charge in [-0.2, -0.15) is 0 Å². The molecule has 0 aliphatic carbocycles. The smallest absolute Gasteiger partial charge is 0.269 e. The molecule has 0 saturated carbocycles. The molecule has 2 aliphatic rings. The van der Waals surface area contributed by atoms with Crippen LogP contribution in [0.1, 0.15) is 29.8 Å².